The normalized spacial score (nSPS) is 11.0. The number of nitrogens with one attached hydrogen (secondary N) is 2. The average Bonchev–Trinajstić information content (AvgIpc) is 2.91. The minimum atomic E-state index is -0.275. The molecule has 0 aliphatic rings. The Morgan fingerprint density at radius 2 is 1.67 bits per heavy atom. The summed E-state index contributed by atoms with van der Waals surface area (Å²) in [7, 11) is 0. The number of amides is 2. The van der Waals surface area contributed by atoms with E-state index in [1.807, 2.05) is 32.2 Å². The highest BCUT2D eigenvalue weighted by Crippen LogP contribution is 2.14. The molecule has 110 valence electrons. The number of hydrogen-bond acceptors (Lipinski definition) is 3. The lowest BCUT2D eigenvalue weighted by atomic mass is 10.1. The number of anilines is 1. The van der Waals surface area contributed by atoms with Crippen LogP contribution in [0.4, 0.5) is 5.69 Å². The molecule has 0 atom stereocenters. The van der Waals surface area contributed by atoms with E-state index >= 15 is 0 Å². The lowest BCUT2D eigenvalue weighted by Crippen LogP contribution is -2.40. The minimum Gasteiger partial charge on any atom is -0.347 e. The van der Waals surface area contributed by atoms with E-state index in [-0.39, 0.29) is 17.4 Å². The number of carbonyl (C=O) groups is 2. The van der Waals surface area contributed by atoms with Gasteiger partial charge in [-0.15, -0.1) is 11.3 Å². The maximum Gasteiger partial charge on any atom is 0.265 e. The van der Waals surface area contributed by atoms with Gasteiger partial charge in [0.05, 0.1) is 4.88 Å². The fraction of sp³-hybridized carbons (Fsp3) is 0.250. The Kier molecular flexibility index (Phi) is 4.43. The molecule has 0 bridgehead atoms. The third-order valence-electron chi connectivity index (χ3n) is 2.64. The molecular weight excluding hydrogens is 284 g/mol. The summed E-state index contributed by atoms with van der Waals surface area (Å²) in [6, 6.07) is 10.5. The largest absolute Gasteiger partial charge is 0.347 e. The van der Waals surface area contributed by atoms with Crippen molar-refractivity contribution in [2.45, 2.75) is 26.3 Å². The van der Waals surface area contributed by atoms with E-state index in [1.54, 1.807) is 30.3 Å². The first-order valence-corrected chi connectivity index (χ1v) is 7.50. The van der Waals surface area contributed by atoms with Crippen LogP contribution in [0, 0.1) is 0 Å². The Balaban J connectivity index is 2.02. The lowest BCUT2D eigenvalue weighted by molar-refractivity contribution is 0.0919. The van der Waals surface area contributed by atoms with Crippen molar-refractivity contribution in [3.8, 4) is 0 Å². The minimum absolute atomic E-state index is 0.126. The van der Waals surface area contributed by atoms with Gasteiger partial charge in [0.2, 0.25) is 0 Å². The number of thiophene rings is 1. The van der Waals surface area contributed by atoms with Gasteiger partial charge in [0.1, 0.15) is 0 Å². The van der Waals surface area contributed by atoms with E-state index in [2.05, 4.69) is 10.6 Å². The van der Waals surface area contributed by atoms with Crippen molar-refractivity contribution in [2.75, 3.05) is 5.32 Å². The monoisotopic (exact) mass is 302 g/mol. The zero-order valence-electron chi connectivity index (χ0n) is 12.3. The Hall–Kier alpha value is -2.14. The summed E-state index contributed by atoms with van der Waals surface area (Å²) >= 11 is 1.39. The first-order chi connectivity index (χ1) is 9.85. The van der Waals surface area contributed by atoms with E-state index in [4.69, 9.17) is 0 Å². The molecular formula is C16H18N2O2S. The van der Waals surface area contributed by atoms with E-state index in [1.165, 1.54) is 11.3 Å². The van der Waals surface area contributed by atoms with Gasteiger partial charge in [-0.3, -0.25) is 9.59 Å². The summed E-state index contributed by atoms with van der Waals surface area (Å²) in [4.78, 5) is 24.5. The molecule has 0 unspecified atom stereocenters. The molecule has 2 N–H and O–H groups in total. The molecule has 2 amide bonds. The van der Waals surface area contributed by atoms with Crippen LogP contribution in [0.15, 0.2) is 41.8 Å². The smallest absolute Gasteiger partial charge is 0.265 e. The van der Waals surface area contributed by atoms with E-state index in [9.17, 15) is 9.59 Å². The molecule has 0 fully saturated rings. The molecule has 21 heavy (non-hydrogen) atoms. The number of carbonyl (C=O) groups excluding carboxylic acids is 2. The molecule has 1 heterocycles. The molecule has 0 aliphatic heterocycles. The molecule has 2 rings (SSSR count). The number of hydrogen-bond donors (Lipinski definition) is 2. The predicted octanol–water partition coefficient (Wildman–Crippen LogP) is 3.53. The van der Waals surface area contributed by atoms with Crippen LogP contribution in [-0.4, -0.2) is 17.4 Å². The first-order valence-electron chi connectivity index (χ1n) is 6.62. The molecule has 0 saturated heterocycles. The SMILES string of the molecule is CC(C)(C)NC(=O)c1ccc(NC(=O)c2cccs2)cc1. The van der Waals surface area contributed by atoms with E-state index < -0.39 is 0 Å². The van der Waals surface area contributed by atoms with Crippen LogP contribution in [0.5, 0.6) is 0 Å². The summed E-state index contributed by atoms with van der Waals surface area (Å²) in [5, 5.41) is 7.55. The molecule has 2 aromatic rings. The van der Waals surface area contributed by atoms with Crippen molar-refractivity contribution < 1.29 is 9.59 Å². The van der Waals surface area contributed by atoms with Crippen LogP contribution in [-0.2, 0) is 0 Å². The van der Waals surface area contributed by atoms with Gasteiger partial charge in [-0.1, -0.05) is 6.07 Å². The third kappa shape index (κ3) is 4.43. The second-order valence-electron chi connectivity index (χ2n) is 5.71. The summed E-state index contributed by atoms with van der Waals surface area (Å²) in [6.07, 6.45) is 0. The third-order valence-corrected chi connectivity index (χ3v) is 3.51. The summed E-state index contributed by atoms with van der Waals surface area (Å²) in [6.45, 7) is 5.79. The topological polar surface area (TPSA) is 58.2 Å². The van der Waals surface area contributed by atoms with Gasteiger partial charge in [0.25, 0.3) is 11.8 Å². The quantitative estimate of drug-likeness (QED) is 0.911. The van der Waals surface area contributed by atoms with Gasteiger partial charge in [-0.05, 0) is 56.5 Å². The fourth-order valence-corrected chi connectivity index (χ4v) is 2.34. The Bertz CT molecular complexity index is 625. The van der Waals surface area contributed by atoms with Crippen LogP contribution in [0.3, 0.4) is 0 Å². The van der Waals surface area contributed by atoms with E-state index in [0.717, 1.165) is 0 Å². The molecule has 4 nitrogen and oxygen atoms in total. The molecule has 5 heteroatoms. The average molecular weight is 302 g/mol. The molecule has 0 aliphatic carbocycles. The second-order valence-corrected chi connectivity index (χ2v) is 6.66. The van der Waals surface area contributed by atoms with Gasteiger partial charge in [-0.25, -0.2) is 0 Å². The standard InChI is InChI=1S/C16H18N2O2S/c1-16(2,3)18-14(19)11-6-8-12(9-7-11)17-15(20)13-5-4-10-21-13/h4-10H,1-3H3,(H,17,20)(H,18,19). The zero-order chi connectivity index (χ0) is 15.5. The summed E-state index contributed by atoms with van der Waals surface area (Å²) < 4.78 is 0. The van der Waals surface area contributed by atoms with Crippen LogP contribution < -0.4 is 10.6 Å². The maximum atomic E-state index is 12.0. The van der Waals surface area contributed by atoms with Crippen LogP contribution in [0.2, 0.25) is 0 Å². The van der Waals surface area contributed by atoms with Crippen LogP contribution >= 0.6 is 11.3 Å². The summed E-state index contributed by atoms with van der Waals surface area (Å²) in [5.74, 6) is -0.268. The highest BCUT2D eigenvalue weighted by molar-refractivity contribution is 7.12. The van der Waals surface area contributed by atoms with Crippen LogP contribution in [0.1, 0.15) is 40.8 Å². The van der Waals surface area contributed by atoms with Gasteiger partial charge in [0.15, 0.2) is 0 Å². The van der Waals surface area contributed by atoms with Gasteiger partial charge >= 0.3 is 0 Å². The summed E-state index contributed by atoms with van der Waals surface area (Å²) in [5.41, 5.74) is 0.961. The van der Waals surface area contributed by atoms with Crippen molar-refractivity contribution in [3.63, 3.8) is 0 Å². The van der Waals surface area contributed by atoms with Gasteiger partial charge in [-0.2, -0.15) is 0 Å². The predicted molar refractivity (Wildman–Crippen MR) is 85.9 cm³/mol. The Morgan fingerprint density at radius 1 is 1.00 bits per heavy atom. The van der Waals surface area contributed by atoms with Crippen molar-refractivity contribution >= 4 is 28.8 Å². The van der Waals surface area contributed by atoms with Crippen molar-refractivity contribution in [1.82, 2.24) is 5.32 Å². The van der Waals surface area contributed by atoms with Crippen molar-refractivity contribution in [2.24, 2.45) is 0 Å². The number of rotatable bonds is 3. The Labute approximate surface area is 128 Å². The zero-order valence-corrected chi connectivity index (χ0v) is 13.1. The maximum absolute atomic E-state index is 12.0. The fourth-order valence-electron chi connectivity index (χ4n) is 1.72. The van der Waals surface area contributed by atoms with E-state index in [0.29, 0.717) is 16.1 Å². The molecule has 0 saturated carbocycles. The van der Waals surface area contributed by atoms with Gasteiger partial charge in [0, 0.05) is 16.8 Å². The Morgan fingerprint density at radius 3 is 2.19 bits per heavy atom. The lowest BCUT2D eigenvalue weighted by Gasteiger charge is -2.20. The molecule has 0 spiro atoms. The van der Waals surface area contributed by atoms with Crippen molar-refractivity contribution in [3.05, 3.63) is 52.2 Å². The highest BCUT2D eigenvalue weighted by Gasteiger charge is 2.15. The first kappa shape index (κ1) is 15.3. The van der Waals surface area contributed by atoms with Gasteiger partial charge < -0.3 is 10.6 Å². The molecule has 0 radical (unpaired) electrons. The second kappa shape index (κ2) is 6.10. The molecule has 1 aromatic carbocycles. The molecule has 1 aromatic heterocycles. The highest BCUT2D eigenvalue weighted by atomic mass is 32.1. The number of benzene rings is 1. The van der Waals surface area contributed by atoms with Crippen LogP contribution in [0.25, 0.3) is 0 Å². The van der Waals surface area contributed by atoms with Crippen molar-refractivity contribution in [1.29, 1.82) is 0 Å².